The lowest BCUT2D eigenvalue weighted by Crippen LogP contribution is -2.01. The summed E-state index contributed by atoms with van der Waals surface area (Å²) in [6.45, 7) is 0.917. The Balaban J connectivity index is 0.823. The van der Waals surface area contributed by atoms with Crippen LogP contribution in [0.25, 0.3) is 123 Å². The molecule has 0 aliphatic carbocycles. The first-order chi connectivity index (χ1) is 34.2. The molecule has 69 heavy (non-hydrogen) atoms. The van der Waals surface area contributed by atoms with Gasteiger partial charge in [0.1, 0.15) is 0 Å². The smallest absolute Gasteiger partial charge is 0.0534 e. The van der Waals surface area contributed by atoms with Crippen LogP contribution in [0.4, 0.5) is 0 Å². The van der Waals surface area contributed by atoms with Gasteiger partial charge in [0, 0.05) is 62.3 Å². The van der Waals surface area contributed by atoms with Gasteiger partial charge >= 0.3 is 0 Å². The van der Waals surface area contributed by atoms with Gasteiger partial charge in [-0.1, -0.05) is 182 Å². The zero-order valence-electron chi connectivity index (χ0n) is 38.1. The normalized spacial score (nSPS) is 12.1. The van der Waals surface area contributed by atoms with Crippen LogP contribution in [0.5, 0.6) is 0 Å². The highest BCUT2D eigenvalue weighted by Gasteiger charge is 2.13. The third kappa shape index (κ3) is 7.33. The van der Waals surface area contributed by atoms with Gasteiger partial charge in [0.05, 0.1) is 22.1 Å². The first-order valence-electron chi connectivity index (χ1n) is 23.9. The Morgan fingerprint density at radius 1 is 0.275 bits per heavy atom. The topological polar surface area (TPSA) is 14.8 Å². The van der Waals surface area contributed by atoms with Crippen LogP contribution >= 0.6 is 0 Å². The highest BCUT2D eigenvalue weighted by molar-refractivity contribution is 6.11. The molecule has 0 unspecified atom stereocenters. The summed E-state index contributed by atoms with van der Waals surface area (Å²) < 4.78 is 7.08. The minimum absolute atomic E-state index is 0.917. The van der Waals surface area contributed by atoms with E-state index in [2.05, 4.69) is 275 Å². The number of aromatic nitrogens is 3. The molecule has 326 valence electrons. The molecule has 3 aromatic heterocycles. The van der Waals surface area contributed by atoms with E-state index < -0.39 is 0 Å². The van der Waals surface area contributed by atoms with Crippen molar-refractivity contribution < 1.29 is 0 Å². The molecule has 0 aliphatic heterocycles. The summed E-state index contributed by atoms with van der Waals surface area (Å²) in [6.07, 6.45) is 9.78. The Morgan fingerprint density at radius 3 is 0.913 bits per heavy atom. The average Bonchev–Trinajstić information content (AvgIpc) is 4.04. The number of hydrogen-bond donors (Lipinski definition) is 0. The van der Waals surface area contributed by atoms with Crippen molar-refractivity contribution in [1.29, 1.82) is 0 Å². The Morgan fingerprint density at radius 2 is 0.565 bits per heavy atom. The molecular weight excluding hydrogens is 835 g/mol. The van der Waals surface area contributed by atoms with Gasteiger partial charge in [0.25, 0.3) is 0 Å². The van der Waals surface area contributed by atoms with E-state index in [4.69, 9.17) is 0 Å². The van der Waals surface area contributed by atoms with Gasteiger partial charge < -0.3 is 13.7 Å². The van der Waals surface area contributed by atoms with Crippen LogP contribution in [0, 0.1) is 0 Å². The van der Waals surface area contributed by atoms with Crippen LogP contribution in [0.3, 0.4) is 0 Å². The van der Waals surface area contributed by atoms with Gasteiger partial charge in [-0.05, 0) is 123 Å². The SMILES string of the molecule is C(=Cn1c2ccccc2c2ccccc21)c1ccc(-c2cc(-c3ccc(/C=C/n4c5ccccc5c5ccccc54)cc3)cc(-c3ccc(CCn4c5ccccc5c5ccccc54)cc3)c2)cc1. The van der Waals surface area contributed by atoms with Gasteiger partial charge in [-0.2, -0.15) is 0 Å². The van der Waals surface area contributed by atoms with Crippen LogP contribution in [-0.2, 0) is 13.0 Å². The van der Waals surface area contributed by atoms with Crippen molar-refractivity contribution in [3.8, 4) is 33.4 Å². The second kappa shape index (κ2) is 17.1. The molecule has 0 saturated carbocycles. The number of aryl methyl sites for hydroxylation is 2. The van der Waals surface area contributed by atoms with Gasteiger partial charge in [0.2, 0.25) is 0 Å². The Bertz CT molecular complexity index is 3750. The van der Waals surface area contributed by atoms with Crippen LogP contribution in [-0.4, -0.2) is 13.7 Å². The molecule has 0 fully saturated rings. The Hall–Kier alpha value is -8.92. The molecule has 0 N–H and O–H groups in total. The minimum atomic E-state index is 0.917. The Kier molecular flexibility index (Phi) is 9.98. The predicted molar refractivity (Wildman–Crippen MR) is 295 cm³/mol. The minimum Gasteiger partial charge on any atom is -0.340 e. The van der Waals surface area contributed by atoms with Crippen molar-refractivity contribution >= 4 is 90.0 Å². The number of hydrogen-bond acceptors (Lipinski definition) is 0. The number of fused-ring (bicyclic) bond motifs is 9. The zero-order chi connectivity index (χ0) is 45.7. The molecule has 3 nitrogen and oxygen atoms in total. The van der Waals surface area contributed by atoms with E-state index in [1.54, 1.807) is 0 Å². The van der Waals surface area contributed by atoms with E-state index in [1.165, 1.54) is 104 Å². The first kappa shape index (κ1) is 40.4. The largest absolute Gasteiger partial charge is 0.340 e. The maximum absolute atomic E-state index is 2.48. The highest BCUT2D eigenvalue weighted by atomic mass is 15.0. The third-order valence-corrected chi connectivity index (χ3v) is 14.1. The van der Waals surface area contributed by atoms with Crippen molar-refractivity contribution in [2.45, 2.75) is 13.0 Å². The lowest BCUT2D eigenvalue weighted by atomic mass is 9.92. The Labute approximate surface area is 401 Å². The number of nitrogens with zero attached hydrogens (tertiary/aromatic N) is 3. The fraction of sp³-hybridized carbons (Fsp3) is 0.0303. The maximum atomic E-state index is 2.48. The second-order valence-electron chi connectivity index (χ2n) is 18.1. The van der Waals surface area contributed by atoms with Gasteiger partial charge in [-0.3, -0.25) is 0 Å². The van der Waals surface area contributed by atoms with E-state index in [9.17, 15) is 0 Å². The maximum Gasteiger partial charge on any atom is 0.0534 e. The molecule has 13 aromatic rings. The van der Waals surface area contributed by atoms with Gasteiger partial charge in [0.15, 0.2) is 0 Å². The molecule has 0 radical (unpaired) electrons. The summed E-state index contributed by atoms with van der Waals surface area (Å²) in [5.74, 6) is 0. The van der Waals surface area contributed by atoms with Crippen LogP contribution in [0.1, 0.15) is 16.7 Å². The zero-order valence-corrected chi connectivity index (χ0v) is 38.1. The van der Waals surface area contributed by atoms with Gasteiger partial charge in [-0.15, -0.1) is 0 Å². The second-order valence-corrected chi connectivity index (χ2v) is 18.1. The predicted octanol–water partition coefficient (Wildman–Crippen LogP) is 17.5. The molecule has 0 amide bonds. The van der Waals surface area contributed by atoms with Crippen LogP contribution in [0.15, 0.2) is 237 Å². The summed E-state index contributed by atoms with van der Waals surface area (Å²) >= 11 is 0. The number of rotatable bonds is 10. The molecule has 0 atom stereocenters. The van der Waals surface area contributed by atoms with Crippen molar-refractivity contribution in [2.24, 2.45) is 0 Å². The molecule has 0 saturated heterocycles. The highest BCUT2D eigenvalue weighted by Crippen LogP contribution is 2.36. The fourth-order valence-electron chi connectivity index (χ4n) is 10.6. The van der Waals surface area contributed by atoms with E-state index in [0.29, 0.717) is 0 Å². The molecule has 13 rings (SSSR count). The number of benzene rings is 10. The number of para-hydroxylation sites is 6. The fourth-order valence-corrected chi connectivity index (χ4v) is 10.6. The molecule has 0 spiro atoms. The van der Waals surface area contributed by atoms with Crippen molar-refractivity contribution in [1.82, 2.24) is 13.7 Å². The average molecular weight is 882 g/mol. The summed E-state index contributed by atoms with van der Waals surface area (Å²) in [6, 6.07) is 86.4. The van der Waals surface area contributed by atoms with E-state index >= 15 is 0 Å². The summed E-state index contributed by atoms with van der Waals surface area (Å²) in [5, 5.41) is 7.70. The molecule has 0 bridgehead atoms. The van der Waals surface area contributed by atoms with Crippen LogP contribution < -0.4 is 0 Å². The van der Waals surface area contributed by atoms with E-state index in [-0.39, 0.29) is 0 Å². The summed E-state index contributed by atoms with van der Waals surface area (Å²) in [4.78, 5) is 0. The lowest BCUT2D eigenvalue weighted by Gasteiger charge is -2.13. The first-order valence-corrected chi connectivity index (χ1v) is 23.9. The molecule has 10 aromatic carbocycles. The van der Waals surface area contributed by atoms with Crippen LogP contribution in [0.2, 0.25) is 0 Å². The molecular formula is C66H47N3. The molecule has 0 aliphatic rings. The lowest BCUT2D eigenvalue weighted by molar-refractivity contribution is 0.745. The molecule has 3 heteroatoms. The van der Waals surface area contributed by atoms with E-state index in [1.807, 2.05) is 0 Å². The molecule has 3 heterocycles. The van der Waals surface area contributed by atoms with Crippen molar-refractivity contribution in [2.75, 3.05) is 0 Å². The van der Waals surface area contributed by atoms with E-state index in [0.717, 1.165) is 24.1 Å². The third-order valence-electron chi connectivity index (χ3n) is 14.1. The summed E-state index contributed by atoms with van der Waals surface area (Å²) in [5.41, 5.74) is 18.2. The van der Waals surface area contributed by atoms with Gasteiger partial charge in [-0.25, -0.2) is 0 Å². The quantitative estimate of drug-likeness (QED) is 0.130. The van der Waals surface area contributed by atoms with Crippen molar-refractivity contribution in [3.05, 3.63) is 253 Å². The monoisotopic (exact) mass is 881 g/mol. The summed E-state index contributed by atoms with van der Waals surface area (Å²) in [7, 11) is 0. The van der Waals surface area contributed by atoms with Crippen molar-refractivity contribution in [3.63, 3.8) is 0 Å². The standard InChI is InChI=1S/C66H47N3/c1-7-19-61-55(13-1)56-14-2-8-20-62(56)67(61)40-37-46-25-31-49(32-26-46)52-43-53(50-33-27-47(28-34-50)38-41-68-63-21-9-3-15-57(63)58-16-4-10-22-64(58)68)45-54(44-52)51-35-29-48(30-36-51)39-42-69-65-23-11-5-17-59(65)60-18-6-12-24-66(60)69/h1-38,40-41,43-45H,39,42H2/b40-37+,41-38?.